The van der Waals surface area contributed by atoms with Gasteiger partial charge in [0.05, 0.1) is 0 Å². The quantitative estimate of drug-likeness (QED) is 0.777. The number of nitrogens with zero attached hydrogens (tertiary/aromatic N) is 1. The molecule has 1 atom stereocenters. The summed E-state index contributed by atoms with van der Waals surface area (Å²) in [6.45, 7) is 5.35. The van der Waals surface area contributed by atoms with Gasteiger partial charge in [0.25, 0.3) is 0 Å². The molecule has 1 heterocycles. The lowest BCUT2D eigenvalue weighted by Gasteiger charge is -2.36. The summed E-state index contributed by atoms with van der Waals surface area (Å²) in [5.41, 5.74) is 0. The van der Waals surface area contributed by atoms with Gasteiger partial charge in [0, 0.05) is 6.04 Å². The molecule has 1 rings (SSSR count). The Hall–Kier alpha value is -0.290. The van der Waals surface area contributed by atoms with Gasteiger partial charge in [-0.2, -0.15) is 13.2 Å². The van der Waals surface area contributed by atoms with E-state index < -0.39 is 18.2 Å². The third-order valence-corrected chi connectivity index (χ3v) is 3.09. The van der Waals surface area contributed by atoms with Crippen LogP contribution in [0.15, 0.2) is 0 Å². The van der Waals surface area contributed by atoms with E-state index in [1.54, 1.807) is 0 Å². The zero-order valence-electron chi connectivity index (χ0n) is 9.09. The Morgan fingerprint density at radius 1 is 1.20 bits per heavy atom. The first-order valence-electron chi connectivity index (χ1n) is 5.31. The molecule has 0 aliphatic carbocycles. The van der Waals surface area contributed by atoms with E-state index in [9.17, 15) is 13.2 Å². The molecule has 90 valence electrons. The third-order valence-electron chi connectivity index (χ3n) is 3.09. The van der Waals surface area contributed by atoms with Crippen molar-refractivity contribution in [3.05, 3.63) is 0 Å². The van der Waals surface area contributed by atoms with Crippen molar-refractivity contribution in [1.29, 1.82) is 0 Å². The van der Waals surface area contributed by atoms with E-state index in [1.807, 2.05) is 13.8 Å². The highest BCUT2D eigenvalue weighted by Gasteiger charge is 2.44. The van der Waals surface area contributed by atoms with Crippen molar-refractivity contribution >= 4 is 0 Å². The van der Waals surface area contributed by atoms with Crippen molar-refractivity contribution in [3.8, 4) is 0 Å². The predicted octanol–water partition coefficient (Wildman–Crippen LogP) is 2.03. The average molecular weight is 225 g/mol. The summed E-state index contributed by atoms with van der Waals surface area (Å²) in [6.07, 6.45) is -5.76. The summed E-state index contributed by atoms with van der Waals surface area (Å²) >= 11 is 0. The van der Waals surface area contributed by atoms with E-state index in [0.717, 1.165) is 0 Å². The molecule has 0 spiro atoms. The maximum atomic E-state index is 12.2. The molecule has 0 amide bonds. The van der Waals surface area contributed by atoms with Crippen LogP contribution in [0.4, 0.5) is 13.2 Å². The zero-order valence-corrected chi connectivity index (χ0v) is 9.09. The van der Waals surface area contributed by atoms with Crippen molar-refractivity contribution < 1.29 is 18.3 Å². The van der Waals surface area contributed by atoms with Gasteiger partial charge in [0.2, 0.25) is 0 Å². The number of hydrogen-bond donors (Lipinski definition) is 1. The highest BCUT2D eigenvalue weighted by molar-refractivity contribution is 4.82. The van der Waals surface area contributed by atoms with E-state index in [1.165, 1.54) is 0 Å². The Kier molecular flexibility index (Phi) is 4.00. The lowest BCUT2D eigenvalue weighted by molar-refractivity contribution is -0.223. The molecule has 2 nitrogen and oxygen atoms in total. The zero-order chi connectivity index (χ0) is 11.6. The van der Waals surface area contributed by atoms with Gasteiger partial charge in [-0.1, -0.05) is 0 Å². The largest absolute Gasteiger partial charge is 0.414 e. The van der Waals surface area contributed by atoms with E-state index >= 15 is 0 Å². The molecule has 0 saturated carbocycles. The molecule has 0 unspecified atom stereocenters. The molecule has 0 aromatic heterocycles. The Balaban J connectivity index is 2.44. The third kappa shape index (κ3) is 3.34. The standard InChI is InChI=1S/C10H18F3NO/c1-7(2)14-5-3-8(4-6-14)9(15)10(11,12)13/h7-9,15H,3-6H2,1-2H3/t9-/m1/s1. The van der Waals surface area contributed by atoms with Crippen LogP contribution in [0.5, 0.6) is 0 Å². The van der Waals surface area contributed by atoms with Crippen molar-refractivity contribution in [2.45, 2.75) is 45.0 Å². The van der Waals surface area contributed by atoms with E-state index in [-0.39, 0.29) is 0 Å². The van der Waals surface area contributed by atoms with Gasteiger partial charge in [-0.15, -0.1) is 0 Å². The van der Waals surface area contributed by atoms with Crippen LogP contribution < -0.4 is 0 Å². The molecule has 1 aliphatic heterocycles. The van der Waals surface area contributed by atoms with Crippen LogP contribution in [0.1, 0.15) is 26.7 Å². The number of rotatable bonds is 2. The first kappa shape index (κ1) is 12.8. The molecule has 1 fully saturated rings. The van der Waals surface area contributed by atoms with Crippen LogP contribution in [-0.4, -0.2) is 41.4 Å². The number of piperidine rings is 1. The van der Waals surface area contributed by atoms with Gasteiger partial charge in [-0.05, 0) is 45.7 Å². The molecule has 0 aromatic rings. The summed E-state index contributed by atoms with van der Waals surface area (Å²) in [5.74, 6) is -0.625. The SMILES string of the molecule is CC(C)N1CCC([C@@H](O)C(F)(F)F)CC1. The summed E-state index contributed by atoms with van der Waals surface area (Å²) in [7, 11) is 0. The highest BCUT2D eigenvalue weighted by Crippen LogP contribution is 2.31. The molecule has 15 heavy (non-hydrogen) atoms. The minimum absolute atomic E-state index is 0.369. The number of aliphatic hydroxyl groups is 1. The van der Waals surface area contributed by atoms with Gasteiger partial charge in [-0.3, -0.25) is 0 Å². The van der Waals surface area contributed by atoms with E-state index in [4.69, 9.17) is 5.11 Å². The van der Waals surface area contributed by atoms with Crippen LogP contribution in [0.2, 0.25) is 0 Å². The molecule has 1 saturated heterocycles. The number of hydrogen-bond acceptors (Lipinski definition) is 2. The van der Waals surface area contributed by atoms with Crippen LogP contribution >= 0.6 is 0 Å². The number of aliphatic hydroxyl groups excluding tert-OH is 1. The van der Waals surface area contributed by atoms with Gasteiger partial charge >= 0.3 is 6.18 Å². The topological polar surface area (TPSA) is 23.5 Å². The molecule has 0 radical (unpaired) electrons. The van der Waals surface area contributed by atoms with Crippen molar-refractivity contribution in [2.75, 3.05) is 13.1 Å². The lowest BCUT2D eigenvalue weighted by Crippen LogP contribution is -2.45. The fourth-order valence-corrected chi connectivity index (χ4v) is 2.02. The second-order valence-corrected chi connectivity index (χ2v) is 4.45. The Morgan fingerprint density at radius 2 is 1.67 bits per heavy atom. The Morgan fingerprint density at radius 3 is 2.00 bits per heavy atom. The lowest BCUT2D eigenvalue weighted by atomic mass is 9.90. The molecule has 0 aromatic carbocycles. The first-order chi connectivity index (χ1) is 6.82. The second kappa shape index (κ2) is 4.70. The summed E-state index contributed by atoms with van der Waals surface area (Å²) < 4.78 is 36.7. The van der Waals surface area contributed by atoms with Crippen molar-refractivity contribution in [3.63, 3.8) is 0 Å². The number of alkyl halides is 3. The maximum absolute atomic E-state index is 12.2. The maximum Gasteiger partial charge on any atom is 0.414 e. The molecule has 5 heteroatoms. The average Bonchev–Trinajstić information content (AvgIpc) is 2.15. The summed E-state index contributed by atoms with van der Waals surface area (Å²) in [6, 6.07) is 0.369. The molecule has 1 N–H and O–H groups in total. The minimum atomic E-state index is -4.47. The number of halogens is 3. The van der Waals surface area contributed by atoms with Crippen LogP contribution in [-0.2, 0) is 0 Å². The monoisotopic (exact) mass is 225 g/mol. The van der Waals surface area contributed by atoms with Gasteiger partial charge in [-0.25, -0.2) is 0 Å². The molecular weight excluding hydrogens is 207 g/mol. The fraction of sp³-hybridized carbons (Fsp3) is 1.00. The number of likely N-dealkylation sites (tertiary alicyclic amines) is 1. The van der Waals surface area contributed by atoms with Crippen LogP contribution in [0.25, 0.3) is 0 Å². The second-order valence-electron chi connectivity index (χ2n) is 4.45. The Labute approximate surface area is 88.1 Å². The molecule has 1 aliphatic rings. The predicted molar refractivity (Wildman–Crippen MR) is 51.5 cm³/mol. The van der Waals surface area contributed by atoms with E-state index in [2.05, 4.69) is 4.90 Å². The molecular formula is C10H18F3NO. The smallest absolute Gasteiger partial charge is 0.383 e. The van der Waals surface area contributed by atoms with Gasteiger partial charge < -0.3 is 10.0 Å². The summed E-state index contributed by atoms with van der Waals surface area (Å²) in [5, 5.41) is 9.09. The fourth-order valence-electron chi connectivity index (χ4n) is 2.02. The molecule has 0 bridgehead atoms. The normalized spacial score (nSPS) is 23.4. The first-order valence-corrected chi connectivity index (χ1v) is 5.31. The van der Waals surface area contributed by atoms with Crippen LogP contribution in [0.3, 0.4) is 0 Å². The minimum Gasteiger partial charge on any atom is -0.383 e. The Bertz CT molecular complexity index is 197. The van der Waals surface area contributed by atoms with E-state index in [0.29, 0.717) is 32.0 Å². The van der Waals surface area contributed by atoms with Crippen LogP contribution in [0, 0.1) is 5.92 Å². The van der Waals surface area contributed by atoms with Gasteiger partial charge in [0.1, 0.15) is 0 Å². The summed E-state index contributed by atoms with van der Waals surface area (Å²) in [4.78, 5) is 2.14. The van der Waals surface area contributed by atoms with Crippen molar-refractivity contribution in [1.82, 2.24) is 4.90 Å². The van der Waals surface area contributed by atoms with Crippen molar-refractivity contribution in [2.24, 2.45) is 5.92 Å². The van der Waals surface area contributed by atoms with Gasteiger partial charge in [0.15, 0.2) is 6.10 Å². The highest BCUT2D eigenvalue weighted by atomic mass is 19.4.